The molecule has 0 amide bonds. The molecule has 0 bridgehead atoms. The second-order valence-electron chi connectivity index (χ2n) is 3.80. The fraction of sp³-hybridized carbons (Fsp3) is 0.455. The van der Waals surface area contributed by atoms with Gasteiger partial charge in [0.05, 0.1) is 16.4 Å². The largest absolute Gasteiger partial charge is 0.397 e. The van der Waals surface area contributed by atoms with Gasteiger partial charge in [-0.3, -0.25) is 0 Å². The van der Waals surface area contributed by atoms with Crippen molar-refractivity contribution in [2.75, 3.05) is 34.9 Å². The lowest BCUT2D eigenvalue weighted by Crippen LogP contribution is -2.23. The summed E-state index contributed by atoms with van der Waals surface area (Å²) >= 11 is 9.56. The first kappa shape index (κ1) is 13.2. The molecule has 0 radical (unpaired) electrons. The Balaban J connectivity index is 1.96. The Hall–Kier alpha value is -0.260. The van der Waals surface area contributed by atoms with Gasteiger partial charge >= 0.3 is 0 Å². The molecule has 2 rings (SSSR count). The average molecular weight is 293 g/mol. The maximum Gasteiger partial charge on any atom is 0.143 e. The number of hydrogen-bond donors (Lipinski definition) is 2. The number of nitrogens with two attached hydrogens (primary N) is 1. The first-order valence-electron chi connectivity index (χ1n) is 5.34. The monoisotopic (exact) mass is 292 g/mol. The van der Waals surface area contributed by atoms with E-state index < -0.39 is 5.82 Å². The van der Waals surface area contributed by atoms with Crippen LogP contribution < -0.4 is 11.1 Å². The number of nitrogens with one attached hydrogen (secondary N) is 1. The standard InChI is InChI=1S/C11H14ClFN2S2/c12-8-3-10(14)11(4-9(8)13)15-5-7-6-16-1-2-17-7/h3-4,7,15H,1-2,5-6,14H2. The van der Waals surface area contributed by atoms with E-state index in [-0.39, 0.29) is 5.02 Å². The quantitative estimate of drug-likeness (QED) is 0.838. The third-order valence-corrected chi connectivity index (χ3v) is 5.63. The summed E-state index contributed by atoms with van der Waals surface area (Å²) in [7, 11) is 0. The summed E-state index contributed by atoms with van der Waals surface area (Å²) in [5.41, 5.74) is 6.90. The van der Waals surface area contributed by atoms with Crippen molar-refractivity contribution >= 4 is 46.5 Å². The summed E-state index contributed by atoms with van der Waals surface area (Å²) in [5.74, 6) is 3.10. The van der Waals surface area contributed by atoms with Crippen LogP contribution in [-0.2, 0) is 0 Å². The summed E-state index contributed by atoms with van der Waals surface area (Å²) < 4.78 is 13.3. The molecule has 2 nitrogen and oxygen atoms in total. The molecule has 6 heteroatoms. The van der Waals surface area contributed by atoms with Gasteiger partial charge in [0, 0.05) is 35.1 Å². The van der Waals surface area contributed by atoms with Gasteiger partial charge < -0.3 is 11.1 Å². The number of hydrogen-bond acceptors (Lipinski definition) is 4. The molecule has 1 atom stereocenters. The zero-order valence-electron chi connectivity index (χ0n) is 9.21. The van der Waals surface area contributed by atoms with E-state index in [1.807, 2.05) is 23.5 Å². The number of rotatable bonds is 3. The lowest BCUT2D eigenvalue weighted by Gasteiger charge is -2.22. The lowest BCUT2D eigenvalue weighted by molar-refractivity contribution is 0.629. The zero-order valence-corrected chi connectivity index (χ0v) is 11.6. The van der Waals surface area contributed by atoms with Gasteiger partial charge in [0.1, 0.15) is 5.82 Å². The minimum absolute atomic E-state index is 0.0654. The Bertz CT molecular complexity index is 397. The topological polar surface area (TPSA) is 38.0 Å². The number of benzene rings is 1. The Kier molecular flexibility index (Phi) is 4.70. The maximum atomic E-state index is 13.3. The van der Waals surface area contributed by atoms with Crippen LogP contribution in [-0.4, -0.2) is 29.1 Å². The minimum atomic E-state index is -0.436. The smallest absolute Gasteiger partial charge is 0.143 e. The molecule has 1 aliphatic rings. The molecule has 1 heterocycles. The molecule has 0 aliphatic carbocycles. The highest BCUT2D eigenvalue weighted by Gasteiger charge is 2.14. The van der Waals surface area contributed by atoms with Gasteiger partial charge in [0.2, 0.25) is 0 Å². The molecule has 0 saturated carbocycles. The summed E-state index contributed by atoms with van der Waals surface area (Å²) in [6.45, 7) is 0.808. The summed E-state index contributed by atoms with van der Waals surface area (Å²) in [4.78, 5) is 0. The van der Waals surface area contributed by atoms with Gasteiger partial charge in [-0.2, -0.15) is 23.5 Å². The Morgan fingerprint density at radius 3 is 3.00 bits per heavy atom. The Morgan fingerprint density at radius 1 is 1.47 bits per heavy atom. The van der Waals surface area contributed by atoms with Crippen molar-refractivity contribution in [2.45, 2.75) is 5.25 Å². The van der Waals surface area contributed by atoms with Crippen molar-refractivity contribution < 1.29 is 4.39 Å². The van der Waals surface area contributed by atoms with Crippen LogP contribution in [0.25, 0.3) is 0 Å². The molecule has 1 aromatic rings. The van der Waals surface area contributed by atoms with Gasteiger partial charge in [0.25, 0.3) is 0 Å². The first-order valence-corrected chi connectivity index (χ1v) is 7.92. The summed E-state index contributed by atoms with van der Waals surface area (Å²) in [5, 5.41) is 3.82. The highest BCUT2D eigenvalue weighted by Crippen LogP contribution is 2.28. The predicted molar refractivity (Wildman–Crippen MR) is 77.9 cm³/mol. The van der Waals surface area contributed by atoms with Crippen LogP contribution in [0.1, 0.15) is 0 Å². The molecule has 17 heavy (non-hydrogen) atoms. The van der Waals surface area contributed by atoms with Crippen molar-refractivity contribution in [2.24, 2.45) is 0 Å². The van der Waals surface area contributed by atoms with E-state index in [0.717, 1.165) is 12.3 Å². The van der Waals surface area contributed by atoms with E-state index >= 15 is 0 Å². The first-order chi connectivity index (χ1) is 8.16. The number of halogens is 2. The molecular formula is C11H14ClFN2S2. The van der Waals surface area contributed by atoms with E-state index in [2.05, 4.69) is 5.32 Å². The molecule has 3 N–H and O–H groups in total. The van der Waals surface area contributed by atoms with Crippen LogP contribution in [0.3, 0.4) is 0 Å². The van der Waals surface area contributed by atoms with Crippen molar-refractivity contribution in [3.05, 3.63) is 23.0 Å². The Labute approximate surface area is 114 Å². The van der Waals surface area contributed by atoms with Gasteiger partial charge in [0.15, 0.2) is 0 Å². The van der Waals surface area contributed by atoms with Gasteiger partial charge in [-0.1, -0.05) is 11.6 Å². The minimum Gasteiger partial charge on any atom is -0.397 e. The second kappa shape index (κ2) is 6.07. The maximum absolute atomic E-state index is 13.3. The zero-order chi connectivity index (χ0) is 12.3. The molecular weight excluding hydrogens is 279 g/mol. The third-order valence-electron chi connectivity index (χ3n) is 2.50. The highest BCUT2D eigenvalue weighted by molar-refractivity contribution is 8.06. The predicted octanol–water partition coefficient (Wildman–Crippen LogP) is 3.32. The lowest BCUT2D eigenvalue weighted by atomic mass is 10.2. The fourth-order valence-corrected chi connectivity index (χ4v) is 4.38. The summed E-state index contributed by atoms with van der Waals surface area (Å²) in [6, 6.07) is 2.81. The summed E-state index contributed by atoms with van der Waals surface area (Å²) in [6.07, 6.45) is 0. The van der Waals surface area contributed by atoms with E-state index in [0.29, 0.717) is 16.6 Å². The normalized spacial score (nSPS) is 20.2. The van der Waals surface area contributed by atoms with E-state index in [1.165, 1.54) is 23.6 Å². The van der Waals surface area contributed by atoms with Crippen LogP contribution in [0.4, 0.5) is 15.8 Å². The van der Waals surface area contributed by atoms with Crippen molar-refractivity contribution in [3.8, 4) is 0 Å². The molecule has 1 aromatic carbocycles. The fourth-order valence-electron chi connectivity index (χ4n) is 1.59. The Morgan fingerprint density at radius 2 is 2.29 bits per heavy atom. The van der Waals surface area contributed by atoms with Gasteiger partial charge in [-0.05, 0) is 6.07 Å². The number of nitrogen functional groups attached to an aromatic ring is 1. The second-order valence-corrected chi connectivity index (χ2v) is 6.77. The molecule has 0 spiro atoms. The van der Waals surface area contributed by atoms with Crippen molar-refractivity contribution in [1.82, 2.24) is 0 Å². The van der Waals surface area contributed by atoms with Crippen molar-refractivity contribution in [3.63, 3.8) is 0 Å². The van der Waals surface area contributed by atoms with Gasteiger partial charge in [-0.15, -0.1) is 0 Å². The van der Waals surface area contributed by atoms with E-state index in [9.17, 15) is 4.39 Å². The van der Waals surface area contributed by atoms with E-state index in [4.69, 9.17) is 17.3 Å². The van der Waals surface area contributed by atoms with E-state index in [1.54, 1.807) is 0 Å². The van der Waals surface area contributed by atoms with Crippen LogP contribution in [0.2, 0.25) is 5.02 Å². The van der Waals surface area contributed by atoms with Crippen LogP contribution >= 0.6 is 35.1 Å². The van der Waals surface area contributed by atoms with Crippen LogP contribution in [0, 0.1) is 5.82 Å². The third kappa shape index (κ3) is 3.60. The number of thioether (sulfide) groups is 2. The van der Waals surface area contributed by atoms with Gasteiger partial charge in [-0.25, -0.2) is 4.39 Å². The molecule has 1 fully saturated rings. The van der Waals surface area contributed by atoms with Crippen molar-refractivity contribution in [1.29, 1.82) is 0 Å². The van der Waals surface area contributed by atoms with Crippen LogP contribution in [0.15, 0.2) is 12.1 Å². The number of anilines is 2. The average Bonchev–Trinajstić information content (AvgIpc) is 2.33. The molecule has 0 aromatic heterocycles. The molecule has 1 saturated heterocycles. The molecule has 1 unspecified atom stereocenters. The SMILES string of the molecule is Nc1cc(Cl)c(F)cc1NCC1CSCCS1. The highest BCUT2D eigenvalue weighted by atomic mass is 35.5. The molecule has 94 valence electrons. The van der Waals surface area contributed by atoms with Crippen LogP contribution in [0.5, 0.6) is 0 Å². The molecule has 1 aliphatic heterocycles.